The number of hydrogen-bond donors (Lipinski definition) is 3. The fraction of sp³-hybridized carbons (Fsp3) is 0.412. The number of aromatic nitrogens is 4. The lowest BCUT2D eigenvalue weighted by Crippen LogP contribution is -2.47. The van der Waals surface area contributed by atoms with Crippen molar-refractivity contribution in [1.82, 2.24) is 40.0 Å². The summed E-state index contributed by atoms with van der Waals surface area (Å²) in [7, 11) is 2.53. The minimum Gasteiger partial charge on any atom is -0.453 e. The molecule has 6 rings (SSSR count). The van der Waals surface area contributed by atoms with E-state index in [0.717, 1.165) is 58.9 Å². The van der Waals surface area contributed by atoms with Gasteiger partial charge < -0.3 is 39.5 Å². The summed E-state index contributed by atoms with van der Waals surface area (Å²) < 4.78 is 11.3. The first-order valence-corrected chi connectivity index (χ1v) is 15.9. The van der Waals surface area contributed by atoms with Gasteiger partial charge in [0.25, 0.3) is 0 Å². The van der Waals surface area contributed by atoms with Gasteiger partial charge in [0, 0.05) is 24.2 Å². The quantitative estimate of drug-likeness (QED) is 0.266. The fourth-order valence-electron chi connectivity index (χ4n) is 6.46. The van der Waals surface area contributed by atoms with Gasteiger partial charge in [-0.15, -0.1) is 0 Å². The average Bonchev–Trinajstić information content (AvgIpc) is 3.91. The Balaban J connectivity index is 1.16. The van der Waals surface area contributed by atoms with Crippen LogP contribution in [0.5, 0.6) is 0 Å². The molecule has 2 aromatic carbocycles. The lowest BCUT2D eigenvalue weighted by Gasteiger charge is -2.28. The van der Waals surface area contributed by atoms with Crippen molar-refractivity contribution in [3.63, 3.8) is 0 Å². The molecule has 250 valence electrons. The van der Waals surface area contributed by atoms with Crippen molar-refractivity contribution < 1.29 is 28.7 Å². The number of carbonyl (C=O) groups excluding carboxylic acids is 4. The number of aromatic amines is 1. The Kier molecular flexibility index (Phi) is 9.20. The molecule has 48 heavy (non-hydrogen) atoms. The molecule has 14 heteroatoms. The number of nitrogens with zero attached hydrogens (tertiary/aromatic N) is 5. The van der Waals surface area contributed by atoms with E-state index in [1.54, 1.807) is 30.0 Å². The highest BCUT2D eigenvalue weighted by Crippen LogP contribution is 2.33. The molecule has 4 heterocycles. The molecule has 0 spiro atoms. The molecule has 2 aromatic heterocycles. The topological polar surface area (TPSA) is 164 Å². The van der Waals surface area contributed by atoms with E-state index >= 15 is 0 Å². The average molecular weight is 655 g/mol. The van der Waals surface area contributed by atoms with Crippen LogP contribution in [0.15, 0.2) is 42.7 Å². The second-order valence-corrected chi connectivity index (χ2v) is 12.0. The Labute approximate surface area is 277 Å². The lowest BCUT2D eigenvalue weighted by atomic mass is 10.1. The number of imidazole rings is 2. The van der Waals surface area contributed by atoms with Crippen LogP contribution in [-0.4, -0.2) is 92.7 Å². The van der Waals surface area contributed by atoms with E-state index in [2.05, 4.69) is 41.9 Å². The number of carbonyl (C=O) groups is 4. The van der Waals surface area contributed by atoms with E-state index in [1.165, 1.54) is 14.2 Å². The molecular formula is C34H38N8O6. The lowest BCUT2D eigenvalue weighted by molar-refractivity contribution is -0.135. The largest absolute Gasteiger partial charge is 0.453 e. The minimum absolute atomic E-state index is 0.176. The Hall–Kier alpha value is -5.58. The van der Waals surface area contributed by atoms with Gasteiger partial charge in [-0.05, 0) is 75.9 Å². The van der Waals surface area contributed by atoms with Gasteiger partial charge in [0.15, 0.2) is 0 Å². The van der Waals surface area contributed by atoms with Crippen molar-refractivity contribution in [2.45, 2.75) is 63.8 Å². The second kappa shape index (κ2) is 13.6. The molecule has 0 saturated carbocycles. The van der Waals surface area contributed by atoms with Gasteiger partial charge in [-0.2, -0.15) is 0 Å². The smallest absolute Gasteiger partial charge is 0.407 e. The van der Waals surface area contributed by atoms with Crippen LogP contribution in [0.1, 0.15) is 68.7 Å². The van der Waals surface area contributed by atoms with Crippen LogP contribution in [0, 0.1) is 11.8 Å². The van der Waals surface area contributed by atoms with Crippen molar-refractivity contribution in [2.75, 3.05) is 27.3 Å². The maximum atomic E-state index is 13.1. The number of methoxy groups -OCH3 is 2. The van der Waals surface area contributed by atoms with Crippen LogP contribution < -0.4 is 10.6 Å². The third-order valence-corrected chi connectivity index (χ3v) is 8.88. The molecule has 0 radical (unpaired) electrons. The molecule has 0 bridgehead atoms. The molecule has 4 aromatic rings. The third kappa shape index (κ3) is 6.48. The molecule has 0 unspecified atom stereocenters. The van der Waals surface area contributed by atoms with E-state index in [0.29, 0.717) is 18.9 Å². The predicted octanol–water partition coefficient (Wildman–Crippen LogP) is 3.59. The SMILES string of the molecule is COC(=O)N[C@@H](C)C(=O)N1CCC[C@H]1n1cnc2cc(C#Cc3ccc4nc([C@@H]5CCCN5C(=O)[C@H](C)NC(=O)OC)[nH]c4c3)ccc21. The number of hydrogen-bond acceptors (Lipinski definition) is 8. The number of benzene rings is 2. The van der Waals surface area contributed by atoms with E-state index in [4.69, 9.17) is 4.98 Å². The number of ether oxygens (including phenoxy) is 2. The Morgan fingerprint density at radius 1 is 0.854 bits per heavy atom. The minimum atomic E-state index is -0.718. The summed E-state index contributed by atoms with van der Waals surface area (Å²) in [5, 5.41) is 5.10. The standard InChI is InChI=1S/C34H38N8O6/c1-20(36-33(45)47-3)31(43)40-15-5-7-28(40)30-38-24-13-11-22(17-25(24)39-30)9-10-23-12-14-27-26(18-23)35-19-42(27)29-8-6-16-41(29)32(44)21(2)37-34(46)48-4/h11-14,17-21,28-29H,5-8,15-16H2,1-4H3,(H,36,45)(H,37,46)(H,38,39)/t20-,21-,28-,29+/m0/s1. The summed E-state index contributed by atoms with van der Waals surface area (Å²) >= 11 is 0. The van der Waals surface area contributed by atoms with Gasteiger partial charge in [-0.1, -0.05) is 11.8 Å². The van der Waals surface area contributed by atoms with Crippen molar-refractivity contribution in [3.8, 4) is 11.8 Å². The van der Waals surface area contributed by atoms with Crippen molar-refractivity contribution >= 4 is 46.1 Å². The van der Waals surface area contributed by atoms with Crippen LogP contribution in [0.2, 0.25) is 0 Å². The summed E-state index contributed by atoms with van der Waals surface area (Å²) in [6.45, 7) is 4.46. The molecule has 2 aliphatic rings. The van der Waals surface area contributed by atoms with E-state index in [-0.39, 0.29) is 24.0 Å². The highest BCUT2D eigenvalue weighted by Gasteiger charge is 2.35. The third-order valence-electron chi connectivity index (χ3n) is 8.88. The normalized spacial score (nSPS) is 18.7. The molecule has 14 nitrogen and oxygen atoms in total. The van der Waals surface area contributed by atoms with Gasteiger partial charge in [0.1, 0.15) is 24.1 Å². The number of likely N-dealkylation sites (tertiary alicyclic amines) is 2. The number of fused-ring (bicyclic) bond motifs is 2. The number of rotatable bonds is 6. The zero-order valence-electron chi connectivity index (χ0n) is 27.3. The van der Waals surface area contributed by atoms with Gasteiger partial charge in [0.05, 0.1) is 48.7 Å². The van der Waals surface area contributed by atoms with Crippen LogP contribution >= 0.6 is 0 Å². The molecule has 2 fully saturated rings. The summed E-state index contributed by atoms with van der Waals surface area (Å²) in [5.41, 5.74) is 4.84. The van der Waals surface area contributed by atoms with E-state index < -0.39 is 24.3 Å². The highest BCUT2D eigenvalue weighted by atomic mass is 16.5. The van der Waals surface area contributed by atoms with Gasteiger partial charge in [-0.3, -0.25) is 9.59 Å². The van der Waals surface area contributed by atoms with Crippen molar-refractivity contribution in [1.29, 1.82) is 0 Å². The zero-order valence-corrected chi connectivity index (χ0v) is 27.3. The fourth-order valence-corrected chi connectivity index (χ4v) is 6.46. The molecule has 2 aliphatic heterocycles. The Morgan fingerprint density at radius 3 is 2.19 bits per heavy atom. The Bertz CT molecular complexity index is 1920. The first-order valence-electron chi connectivity index (χ1n) is 15.9. The van der Waals surface area contributed by atoms with Crippen molar-refractivity contribution in [2.24, 2.45) is 0 Å². The predicted molar refractivity (Wildman–Crippen MR) is 175 cm³/mol. The summed E-state index contributed by atoms with van der Waals surface area (Å²) in [6, 6.07) is 9.93. The first-order chi connectivity index (χ1) is 23.2. The van der Waals surface area contributed by atoms with Crippen LogP contribution in [0.4, 0.5) is 9.59 Å². The summed E-state index contributed by atoms with van der Waals surface area (Å²) in [4.78, 5) is 65.8. The maximum absolute atomic E-state index is 13.1. The number of amides is 4. The summed E-state index contributed by atoms with van der Waals surface area (Å²) in [5.74, 6) is 6.80. The van der Waals surface area contributed by atoms with Gasteiger partial charge in [0.2, 0.25) is 11.8 Å². The van der Waals surface area contributed by atoms with E-state index in [1.807, 2.05) is 41.0 Å². The number of alkyl carbamates (subject to hydrolysis) is 2. The number of nitrogens with one attached hydrogen (secondary N) is 3. The van der Waals surface area contributed by atoms with E-state index in [9.17, 15) is 19.2 Å². The second-order valence-electron chi connectivity index (χ2n) is 12.0. The van der Waals surface area contributed by atoms with Gasteiger partial charge >= 0.3 is 12.2 Å². The monoisotopic (exact) mass is 654 g/mol. The molecule has 3 N–H and O–H groups in total. The maximum Gasteiger partial charge on any atom is 0.407 e. The zero-order chi connectivity index (χ0) is 33.9. The Morgan fingerprint density at radius 2 is 1.48 bits per heavy atom. The highest BCUT2D eigenvalue weighted by molar-refractivity contribution is 5.87. The molecule has 2 saturated heterocycles. The summed E-state index contributed by atoms with van der Waals surface area (Å²) in [6.07, 6.45) is 3.47. The molecule has 4 atom stereocenters. The van der Waals surface area contributed by atoms with Crippen molar-refractivity contribution in [3.05, 3.63) is 59.7 Å². The molecule has 0 aliphatic carbocycles. The van der Waals surface area contributed by atoms with Gasteiger partial charge in [-0.25, -0.2) is 19.6 Å². The van der Waals surface area contributed by atoms with Crippen LogP contribution in [0.25, 0.3) is 22.1 Å². The van der Waals surface area contributed by atoms with Crippen LogP contribution in [0.3, 0.4) is 0 Å². The first kappa shape index (κ1) is 32.4. The number of H-pyrrole nitrogens is 1. The van der Waals surface area contributed by atoms with Crippen LogP contribution in [-0.2, 0) is 19.1 Å². The molecule has 4 amide bonds. The molecular weight excluding hydrogens is 616 g/mol.